The zero-order valence-electron chi connectivity index (χ0n) is 13.7. The summed E-state index contributed by atoms with van der Waals surface area (Å²) in [4.78, 5) is 12.4. The second kappa shape index (κ2) is 6.16. The number of aryl methyl sites for hydroxylation is 2. The molecule has 2 amide bonds. The van der Waals surface area contributed by atoms with E-state index >= 15 is 0 Å². The van der Waals surface area contributed by atoms with Crippen LogP contribution in [0, 0.1) is 13.8 Å². The topological polar surface area (TPSA) is 46.1 Å². The maximum absolute atomic E-state index is 12.4. The Labute approximate surface area is 136 Å². The van der Waals surface area contributed by atoms with Gasteiger partial charge in [0.1, 0.15) is 0 Å². The van der Waals surface area contributed by atoms with E-state index in [9.17, 15) is 4.79 Å². The van der Waals surface area contributed by atoms with Crippen molar-refractivity contribution in [3.8, 4) is 0 Å². The zero-order chi connectivity index (χ0) is 16.4. The highest BCUT2D eigenvalue weighted by Gasteiger charge is 2.11. The molecule has 0 saturated carbocycles. The van der Waals surface area contributed by atoms with Gasteiger partial charge in [-0.15, -0.1) is 0 Å². The number of urea groups is 1. The molecule has 3 rings (SSSR count). The van der Waals surface area contributed by atoms with E-state index in [1.165, 1.54) is 0 Å². The maximum Gasteiger partial charge on any atom is 0.323 e. The number of benzene rings is 2. The molecule has 3 aromatic rings. The number of para-hydroxylation sites is 1. The Morgan fingerprint density at radius 1 is 1.00 bits per heavy atom. The molecule has 0 spiro atoms. The smallest absolute Gasteiger partial charge is 0.323 e. The number of hydrogen-bond acceptors (Lipinski definition) is 1. The quantitative estimate of drug-likeness (QED) is 0.708. The molecule has 0 aliphatic rings. The number of hydrogen-bond donors (Lipinski definition) is 2. The molecule has 0 fully saturated rings. The number of amides is 2. The number of rotatable bonds is 3. The molecule has 0 aliphatic heterocycles. The molecule has 0 unspecified atom stereocenters. The molecule has 4 heteroatoms. The van der Waals surface area contributed by atoms with Gasteiger partial charge in [-0.05, 0) is 44.0 Å². The lowest BCUT2D eigenvalue weighted by molar-refractivity contribution is 0.262. The van der Waals surface area contributed by atoms with Crippen LogP contribution in [0.4, 0.5) is 16.2 Å². The van der Waals surface area contributed by atoms with Gasteiger partial charge in [-0.1, -0.05) is 30.3 Å². The summed E-state index contributed by atoms with van der Waals surface area (Å²) in [5.41, 5.74) is 5.02. The van der Waals surface area contributed by atoms with Crippen LogP contribution in [0.25, 0.3) is 10.9 Å². The molecule has 0 aliphatic carbocycles. The summed E-state index contributed by atoms with van der Waals surface area (Å²) in [6, 6.07) is 13.7. The van der Waals surface area contributed by atoms with Crippen molar-refractivity contribution < 1.29 is 4.79 Å². The van der Waals surface area contributed by atoms with Crippen LogP contribution in [0.2, 0.25) is 0 Å². The fraction of sp³-hybridized carbons (Fsp3) is 0.211. The predicted molar refractivity (Wildman–Crippen MR) is 96.2 cm³/mol. The first-order valence-electron chi connectivity index (χ1n) is 7.82. The second-order valence-electron chi connectivity index (χ2n) is 5.67. The van der Waals surface area contributed by atoms with Crippen molar-refractivity contribution in [2.75, 3.05) is 10.6 Å². The van der Waals surface area contributed by atoms with Crippen molar-refractivity contribution in [2.45, 2.75) is 27.3 Å². The second-order valence-corrected chi connectivity index (χ2v) is 5.67. The van der Waals surface area contributed by atoms with Crippen molar-refractivity contribution in [1.82, 2.24) is 4.57 Å². The minimum absolute atomic E-state index is 0.224. The molecule has 2 aromatic carbocycles. The molecular formula is C19H21N3O. The van der Waals surface area contributed by atoms with Crippen molar-refractivity contribution in [3.63, 3.8) is 0 Å². The van der Waals surface area contributed by atoms with Crippen molar-refractivity contribution in [1.29, 1.82) is 0 Å². The molecular weight excluding hydrogens is 286 g/mol. The fourth-order valence-electron chi connectivity index (χ4n) is 2.77. The molecule has 1 heterocycles. The zero-order valence-corrected chi connectivity index (χ0v) is 13.7. The Morgan fingerprint density at radius 3 is 2.52 bits per heavy atom. The number of carbonyl (C=O) groups excluding carboxylic acids is 1. The molecule has 23 heavy (non-hydrogen) atoms. The van der Waals surface area contributed by atoms with Gasteiger partial charge in [-0.25, -0.2) is 4.79 Å². The molecule has 0 bridgehead atoms. The highest BCUT2D eigenvalue weighted by molar-refractivity contribution is 6.06. The molecule has 4 nitrogen and oxygen atoms in total. The summed E-state index contributed by atoms with van der Waals surface area (Å²) in [6.45, 7) is 6.99. The van der Waals surface area contributed by atoms with Crippen LogP contribution in [0.3, 0.4) is 0 Å². The highest BCUT2D eigenvalue weighted by Crippen LogP contribution is 2.26. The Balaban J connectivity index is 1.85. The van der Waals surface area contributed by atoms with Gasteiger partial charge in [0.2, 0.25) is 0 Å². The fourth-order valence-corrected chi connectivity index (χ4v) is 2.77. The summed E-state index contributed by atoms with van der Waals surface area (Å²) < 4.78 is 2.13. The van der Waals surface area contributed by atoms with Crippen LogP contribution in [0.15, 0.2) is 48.7 Å². The lowest BCUT2D eigenvalue weighted by atomic mass is 10.1. The van der Waals surface area contributed by atoms with Crippen molar-refractivity contribution >= 4 is 28.3 Å². The summed E-state index contributed by atoms with van der Waals surface area (Å²) in [7, 11) is 0. The van der Waals surface area contributed by atoms with Gasteiger partial charge in [-0.3, -0.25) is 0 Å². The van der Waals surface area contributed by atoms with E-state index in [0.29, 0.717) is 0 Å². The third-order valence-corrected chi connectivity index (χ3v) is 4.23. The van der Waals surface area contributed by atoms with Gasteiger partial charge in [0.25, 0.3) is 0 Å². The number of carbonyl (C=O) groups is 1. The average Bonchev–Trinajstić information content (AvgIpc) is 2.90. The van der Waals surface area contributed by atoms with E-state index in [0.717, 1.165) is 39.9 Å². The van der Waals surface area contributed by atoms with Crippen LogP contribution in [0.5, 0.6) is 0 Å². The minimum Gasteiger partial charge on any atom is -0.346 e. The van der Waals surface area contributed by atoms with Crippen LogP contribution in [-0.2, 0) is 6.54 Å². The van der Waals surface area contributed by atoms with E-state index in [1.54, 1.807) is 0 Å². The van der Waals surface area contributed by atoms with Gasteiger partial charge in [0.15, 0.2) is 0 Å². The Hall–Kier alpha value is -2.75. The van der Waals surface area contributed by atoms with E-state index in [1.807, 2.05) is 56.4 Å². The first kappa shape index (κ1) is 15.2. The summed E-state index contributed by atoms with van der Waals surface area (Å²) in [5, 5.41) is 6.94. The monoisotopic (exact) mass is 307 g/mol. The van der Waals surface area contributed by atoms with Gasteiger partial charge in [0, 0.05) is 23.8 Å². The average molecular weight is 307 g/mol. The number of anilines is 2. The number of aromatic nitrogens is 1. The van der Waals surface area contributed by atoms with Gasteiger partial charge in [-0.2, -0.15) is 0 Å². The number of nitrogens with zero attached hydrogens (tertiary/aromatic N) is 1. The minimum atomic E-state index is -0.224. The summed E-state index contributed by atoms with van der Waals surface area (Å²) in [5.74, 6) is 0. The first-order valence-corrected chi connectivity index (χ1v) is 7.82. The number of fused-ring (bicyclic) bond motifs is 1. The third-order valence-electron chi connectivity index (χ3n) is 4.23. The summed E-state index contributed by atoms with van der Waals surface area (Å²) in [6.07, 6.45) is 1.98. The van der Waals surface area contributed by atoms with Crippen molar-refractivity contribution in [3.05, 3.63) is 59.8 Å². The maximum atomic E-state index is 12.4. The van der Waals surface area contributed by atoms with E-state index in [2.05, 4.69) is 28.2 Å². The van der Waals surface area contributed by atoms with Crippen LogP contribution in [0.1, 0.15) is 18.1 Å². The lowest BCUT2D eigenvalue weighted by Gasteiger charge is -2.11. The van der Waals surface area contributed by atoms with Gasteiger partial charge < -0.3 is 15.2 Å². The summed E-state index contributed by atoms with van der Waals surface area (Å²) >= 11 is 0. The first-order chi connectivity index (χ1) is 11.1. The third kappa shape index (κ3) is 2.93. The van der Waals surface area contributed by atoms with Crippen LogP contribution >= 0.6 is 0 Å². The SMILES string of the molecule is CCn1cc(NC(=O)Nc2cccc(C)c2C)c2ccccc21. The Morgan fingerprint density at radius 2 is 1.74 bits per heavy atom. The Kier molecular flexibility index (Phi) is 4.06. The van der Waals surface area contributed by atoms with Crippen LogP contribution < -0.4 is 10.6 Å². The predicted octanol–water partition coefficient (Wildman–Crippen LogP) is 4.92. The molecule has 118 valence electrons. The normalized spacial score (nSPS) is 10.7. The largest absolute Gasteiger partial charge is 0.346 e. The molecule has 0 radical (unpaired) electrons. The van der Waals surface area contributed by atoms with Crippen molar-refractivity contribution in [2.24, 2.45) is 0 Å². The highest BCUT2D eigenvalue weighted by atomic mass is 16.2. The molecule has 0 atom stereocenters. The van der Waals surface area contributed by atoms with Crippen LogP contribution in [-0.4, -0.2) is 10.6 Å². The van der Waals surface area contributed by atoms with E-state index < -0.39 is 0 Å². The standard InChI is InChI=1S/C19H21N3O/c1-4-22-12-17(15-9-5-6-11-18(15)22)21-19(23)20-16-10-7-8-13(2)14(16)3/h5-12H,4H2,1-3H3,(H2,20,21,23). The van der Waals surface area contributed by atoms with Gasteiger partial charge in [0.05, 0.1) is 11.2 Å². The molecule has 2 N–H and O–H groups in total. The molecule has 1 aromatic heterocycles. The van der Waals surface area contributed by atoms with Gasteiger partial charge >= 0.3 is 6.03 Å². The Bertz CT molecular complexity index is 864. The van der Waals surface area contributed by atoms with E-state index in [-0.39, 0.29) is 6.03 Å². The lowest BCUT2D eigenvalue weighted by Crippen LogP contribution is -2.20. The molecule has 0 saturated heterocycles. The number of nitrogens with one attached hydrogen (secondary N) is 2. The van der Waals surface area contributed by atoms with E-state index in [4.69, 9.17) is 0 Å².